The predicted octanol–water partition coefficient (Wildman–Crippen LogP) is 2.81. The van der Waals surface area contributed by atoms with E-state index in [1.807, 2.05) is 0 Å². The lowest BCUT2D eigenvalue weighted by Gasteiger charge is -2.21. The molecule has 0 radical (unpaired) electrons. The van der Waals surface area contributed by atoms with E-state index in [9.17, 15) is 9.18 Å². The number of alkyl halides is 1. The maximum absolute atomic E-state index is 13.0. The second-order valence-electron chi connectivity index (χ2n) is 3.60. The lowest BCUT2D eigenvalue weighted by atomic mass is 10.2. The molecule has 18 heavy (non-hydrogen) atoms. The molecule has 0 saturated carbocycles. The molecule has 0 aliphatic rings. The summed E-state index contributed by atoms with van der Waals surface area (Å²) in [6, 6.07) is 3.88. The van der Waals surface area contributed by atoms with Crippen LogP contribution in [0.2, 0.25) is 5.02 Å². The summed E-state index contributed by atoms with van der Waals surface area (Å²) >= 11 is 11.3. The van der Waals surface area contributed by atoms with Gasteiger partial charge in [0.25, 0.3) is 5.91 Å². The van der Waals surface area contributed by atoms with Gasteiger partial charge in [-0.3, -0.25) is 4.79 Å². The van der Waals surface area contributed by atoms with E-state index in [1.165, 1.54) is 18.2 Å². The Morgan fingerprint density at radius 1 is 1.44 bits per heavy atom. The van der Waals surface area contributed by atoms with Gasteiger partial charge in [0.2, 0.25) is 0 Å². The first-order chi connectivity index (χ1) is 8.60. The summed E-state index contributed by atoms with van der Waals surface area (Å²) in [4.78, 5) is 13.7. The van der Waals surface area contributed by atoms with Crippen molar-refractivity contribution >= 4 is 29.1 Å². The number of carbonyl (C=O) groups excluding carboxylic acids is 1. The van der Waals surface area contributed by atoms with Crippen molar-refractivity contribution in [1.82, 2.24) is 4.90 Å². The number of hydrogen-bond acceptors (Lipinski definition) is 2. The van der Waals surface area contributed by atoms with Gasteiger partial charge in [0, 0.05) is 31.6 Å². The number of halogens is 3. The molecule has 0 heterocycles. The zero-order valence-corrected chi connectivity index (χ0v) is 11.5. The molecule has 0 N–H and O–H groups in total. The van der Waals surface area contributed by atoms with E-state index < -0.39 is 5.82 Å². The SMILES string of the molecule is COCCN(CCCl)C(=O)c1ccc(F)c(Cl)c1. The van der Waals surface area contributed by atoms with Gasteiger partial charge >= 0.3 is 0 Å². The molecule has 0 spiro atoms. The Balaban J connectivity index is 2.83. The highest BCUT2D eigenvalue weighted by molar-refractivity contribution is 6.31. The number of benzene rings is 1. The van der Waals surface area contributed by atoms with Gasteiger partial charge in [-0.25, -0.2) is 4.39 Å². The number of hydrogen-bond donors (Lipinski definition) is 0. The van der Waals surface area contributed by atoms with Crippen LogP contribution in [-0.4, -0.2) is 43.5 Å². The summed E-state index contributed by atoms with van der Waals surface area (Å²) in [6.07, 6.45) is 0. The summed E-state index contributed by atoms with van der Waals surface area (Å²) in [6.45, 7) is 1.24. The van der Waals surface area contributed by atoms with E-state index in [0.717, 1.165) is 0 Å². The van der Waals surface area contributed by atoms with Gasteiger partial charge < -0.3 is 9.64 Å². The monoisotopic (exact) mass is 293 g/mol. The molecular formula is C12H14Cl2FNO2. The van der Waals surface area contributed by atoms with Crippen molar-refractivity contribution < 1.29 is 13.9 Å². The topological polar surface area (TPSA) is 29.5 Å². The van der Waals surface area contributed by atoms with Crippen LogP contribution in [0.15, 0.2) is 18.2 Å². The number of methoxy groups -OCH3 is 1. The summed E-state index contributed by atoms with van der Waals surface area (Å²) in [7, 11) is 1.55. The van der Waals surface area contributed by atoms with Gasteiger partial charge in [-0.1, -0.05) is 11.6 Å². The lowest BCUT2D eigenvalue weighted by molar-refractivity contribution is 0.0708. The average molecular weight is 294 g/mol. The van der Waals surface area contributed by atoms with Crippen LogP contribution < -0.4 is 0 Å². The number of nitrogens with zero attached hydrogens (tertiary/aromatic N) is 1. The minimum Gasteiger partial charge on any atom is -0.383 e. The zero-order chi connectivity index (χ0) is 13.5. The first-order valence-corrected chi connectivity index (χ1v) is 6.30. The van der Waals surface area contributed by atoms with Gasteiger partial charge in [-0.05, 0) is 18.2 Å². The quantitative estimate of drug-likeness (QED) is 0.755. The Kier molecular flexibility index (Phi) is 6.39. The van der Waals surface area contributed by atoms with Gasteiger partial charge in [0.1, 0.15) is 5.82 Å². The molecule has 1 aromatic carbocycles. The van der Waals surface area contributed by atoms with Crippen molar-refractivity contribution in [2.45, 2.75) is 0 Å². The van der Waals surface area contributed by atoms with Crippen molar-refractivity contribution in [3.8, 4) is 0 Å². The molecule has 0 aromatic heterocycles. The smallest absolute Gasteiger partial charge is 0.254 e. The molecule has 1 amide bonds. The fraction of sp³-hybridized carbons (Fsp3) is 0.417. The van der Waals surface area contributed by atoms with Crippen LogP contribution in [-0.2, 0) is 4.74 Å². The van der Waals surface area contributed by atoms with Crippen molar-refractivity contribution in [2.75, 3.05) is 32.7 Å². The highest BCUT2D eigenvalue weighted by Gasteiger charge is 2.16. The van der Waals surface area contributed by atoms with Crippen molar-refractivity contribution in [1.29, 1.82) is 0 Å². The van der Waals surface area contributed by atoms with Crippen molar-refractivity contribution in [3.05, 3.63) is 34.6 Å². The molecule has 0 bridgehead atoms. The van der Waals surface area contributed by atoms with Crippen LogP contribution in [0.4, 0.5) is 4.39 Å². The van der Waals surface area contributed by atoms with E-state index in [1.54, 1.807) is 12.0 Å². The molecule has 1 aromatic rings. The number of amides is 1. The Bertz CT molecular complexity index is 415. The number of carbonyl (C=O) groups is 1. The third-order valence-electron chi connectivity index (χ3n) is 2.37. The highest BCUT2D eigenvalue weighted by atomic mass is 35.5. The third kappa shape index (κ3) is 4.12. The minimum absolute atomic E-state index is 0.0709. The molecule has 0 aliphatic heterocycles. The van der Waals surface area contributed by atoms with Crippen molar-refractivity contribution in [3.63, 3.8) is 0 Å². The van der Waals surface area contributed by atoms with Gasteiger partial charge in [0.15, 0.2) is 0 Å². The largest absolute Gasteiger partial charge is 0.383 e. The molecule has 1 rings (SSSR count). The van der Waals surface area contributed by atoms with Gasteiger partial charge in [-0.2, -0.15) is 0 Å². The summed E-state index contributed by atoms with van der Waals surface area (Å²) in [5.74, 6) is -0.465. The minimum atomic E-state index is -0.547. The molecule has 0 unspecified atom stereocenters. The normalized spacial score (nSPS) is 10.4. The van der Waals surface area contributed by atoms with E-state index in [4.69, 9.17) is 27.9 Å². The lowest BCUT2D eigenvalue weighted by Crippen LogP contribution is -2.35. The van der Waals surface area contributed by atoms with Crippen LogP contribution in [0.5, 0.6) is 0 Å². The summed E-state index contributed by atoms with van der Waals surface area (Å²) in [5, 5.41) is -0.0709. The first-order valence-electron chi connectivity index (χ1n) is 5.39. The Morgan fingerprint density at radius 2 is 2.17 bits per heavy atom. The molecule has 0 saturated heterocycles. The number of ether oxygens (including phenoxy) is 1. The maximum atomic E-state index is 13.0. The summed E-state index contributed by atoms with van der Waals surface area (Å²) in [5.41, 5.74) is 0.336. The van der Waals surface area contributed by atoms with Crippen molar-refractivity contribution in [2.24, 2.45) is 0 Å². The van der Waals surface area contributed by atoms with Gasteiger partial charge in [-0.15, -0.1) is 11.6 Å². The average Bonchev–Trinajstić information content (AvgIpc) is 2.37. The molecule has 100 valence electrons. The molecule has 0 aliphatic carbocycles. The van der Waals surface area contributed by atoms with E-state index in [2.05, 4.69) is 0 Å². The zero-order valence-electron chi connectivity index (χ0n) is 9.96. The van der Waals surface area contributed by atoms with Crippen LogP contribution in [0.25, 0.3) is 0 Å². The Hall–Kier alpha value is -0.840. The molecule has 0 fully saturated rings. The fourth-order valence-electron chi connectivity index (χ4n) is 1.43. The van der Waals surface area contributed by atoms with Crippen LogP contribution in [0, 0.1) is 5.82 Å². The second-order valence-corrected chi connectivity index (χ2v) is 4.39. The third-order valence-corrected chi connectivity index (χ3v) is 2.83. The molecule has 3 nitrogen and oxygen atoms in total. The second kappa shape index (κ2) is 7.56. The highest BCUT2D eigenvalue weighted by Crippen LogP contribution is 2.17. The maximum Gasteiger partial charge on any atom is 0.254 e. The van der Waals surface area contributed by atoms with E-state index in [0.29, 0.717) is 31.1 Å². The van der Waals surface area contributed by atoms with Gasteiger partial charge in [0.05, 0.1) is 11.6 Å². The molecule has 6 heteroatoms. The first kappa shape index (κ1) is 15.2. The van der Waals surface area contributed by atoms with Crippen LogP contribution >= 0.6 is 23.2 Å². The summed E-state index contributed by atoms with van der Waals surface area (Å²) < 4.78 is 17.9. The van der Waals surface area contributed by atoms with E-state index >= 15 is 0 Å². The predicted molar refractivity (Wildman–Crippen MR) is 69.9 cm³/mol. The van der Waals surface area contributed by atoms with Crippen LogP contribution in [0.1, 0.15) is 10.4 Å². The molecular weight excluding hydrogens is 280 g/mol. The number of rotatable bonds is 6. The standard InChI is InChI=1S/C12H14Cl2FNO2/c1-18-7-6-16(5-4-13)12(17)9-2-3-11(15)10(14)8-9/h2-3,8H,4-7H2,1H3. The fourth-order valence-corrected chi connectivity index (χ4v) is 1.81. The Labute approximate surface area is 115 Å². The molecule has 0 atom stereocenters. The van der Waals surface area contributed by atoms with E-state index in [-0.39, 0.29) is 10.9 Å². The Morgan fingerprint density at radius 3 is 2.72 bits per heavy atom. The van der Waals surface area contributed by atoms with Crippen LogP contribution in [0.3, 0.4) is 0 Å².